The first-order valence-electron chi connectivity index (χ1n) is 10.7. The summed E-state index contributed by atoms with van der Waals surface area (Å²) in [5, 5.41) is 13.7. The summed E-state index contributed by atoms with van der Waals surface area (Å²) in [6.07, 6.45) is 5.38. The first kappa shape index (κ1) is 19.4. The van der Waals surface area contributed by atoms with Crippen LogP contribution < -0.4 is 0 Å². The van der Waals surface area contributed by atoms with Gasteiger partial charge in [-0.2, -0.15) is 5.10 Å². The minimum absolute atomic E-state index is 0.0289. The van der Waals surface area contributed by atoms with Gasteiger partial charge in [0.05, 0.1) is 17.0 Å². The molecule has 1 aliphatic carbocycles. The lowest BCUT2D eigenvalue weighted by Gasteiger charge is -2.20. The van der Waals surface area contributed by atoms with Crippen LogP contribution in [-0.2, 0) is 6.42 Å². The lowest BCUT2D eigenvalue weighted by atomic mass is 9.88. The summed E-state index contributed by atoms with van der Waals surface area (Å²) in [6.45, 7) is 4.26. The fourth-order valence-electron chi connectivity index (χ4n) is 4.25. The van der Waals surface area contributed by atoms with Crippen molar-refractivity contribution in [2.24, 2.45) is 5.92 Å². The van der Waals surface area contributed by atoms with E-state index in [9.17, 15) is 4.79 Å². The van der Waals surface area contributed by atoms with Crippen LogP contribution in [0.15, 0.2) is 66.7 Å². The molecule has 0 aliphatic heterocycles. The second-order valence-corrected chi connectivity index (χ2v) is 8.37. The third-order valence-corrected chi connectivity index (χ3v) is 5.80. The highest BCUT2D eigenvalue weighted by molar-refractivity contribution is 5.97. The monoisotopic (exact) mass is 408 g/mol. The van der Waals surface area contributed by atoms with Crippen molar-refractivity contribution in [3.63, 3.8) is 0 Å². The molecule has 0 amide bonds. The number of hydrogen-bond acceptors (Lipinski definition) is 4. The Hall–Kier alpha value is -3.60. The molecule has 2 aromatic heterocycles. The first-order chi connectivity index (χ1) is 15.1. The predicted molar refractivity (Wildman–Crippen MR) is 122 cm³/mol. The Bertz CT molecular complexity index is 1270. The van der Waals surface area contributed by atoms with Crippen LogP contribution in [0.25, 0.3) is 22.9 Å². The van der Waals surface area contributed by atoms with Crippen LogP contribution in [0, 0.1) is 5.92 Å². The lowest BCUT2D eigenvalue weighted by Crippen LogP contribution is -2.24. The Morgan fingerprint density at radius 3 is 2.39 bits per heavy atom. The first-order valence-corrected chi connectivity index (χ1v) is 10.7. The number of fused-ring (bicyclic) bond motifs is 3. The maximum absolute atomic E-state index is 12.9. The van der Waals surface area contributed by atoms with E-state index in [1.165, 1.54) is 0 Å². The highest BCUT2D eigenvalue weighted by Gasteiger charge is 2.30. The number of carbonyl (C=O) groups is 1. The lowest BCUT2D eigenvalue weighted by molar-refractivity contribution is 0.0950. The summed E-state index contributed by atoms with van der Waals surface area (Å²) in [4.78, 5) is 12.9. The molecule has 2 heterocycles. The van der Waals surface area contributed by atoms with Crippen LogP contribution in [0.3, 0.4) is 0 Å². The Balaban J connectivity index is 1.61. The Kier molecular flexibility index (Phi) is 4.94. The molecule has 0 saturated carbocycles. The van der Waals surface area contributed by atoms with Gasteiger partial charge in [-0.25, -0.2) is 4.52 Å². The Labute approximate surface area is 181 Å². The van der Waals surface area contributed by atoms with Crippen molar-refractivity contribution in [3.05, 3.63) is 89.4 Å². The molecule has 0 unspecified atom stereocenters. The predicted octanol–water partition coefficient (Wildman–Crippen LogP) is 5.37. The fourth-order valence-corrected chi connectivity index (χ4v) is 4.25. The molecule has 1 atom stereocenters. The molecule has 0 N–H and O–H groups in total. The molecule has 5 heteroatoms. The second kappa shape index (κ2) is 7.91. The number of benzene rings is 2. The van der Waals surface area contributed by atoms with Crippen molar-refractivity contribution in [2.45, 2.75) is 32.6 Å². The van der Waals surface area contributed by atoms with Crippen molar-refractivity contribution in [2.75, 3.05) is 0 Å². The zero-order valence-electron chi connectivity index (χ0n) is 17.7. The van der Waals surface area contributed by atoms with E-state index in [0.29, 0.717) is 24.2 Å². The average molecular weight is 409 g/mol. The van der Waals surface area contributed by atoms with Crippen LogP contribution in [0.1, 0.15) is 53.6 Å². The van der Waals surface area contributed by atoms with Crippen molar-refractivity contribution < 1.29 is 4.79 Å². The molecule has 2 aromatic carbocycles. The molecular weight excluding hydrogens is 384 g/mol. The molecule has 1 aliphatic rings. The standard InChI is InChI=1S/C26H24N4O/c1-17(2)24-23(20-11-7-4-8-12-20)26-28-27-25-21(30(26)29-24)15-19(16-22(25)31)14-13-18-9-5-3-6-10-18/h3-14,17,19H,15-16H2,1-2H3/b14-13+/t19-/m1/s1. The maximum Gasteiger partial charge on any atom is 0.185 e. The van der Waals surface area contributed by atoms with Crippen LogP contribution >= 0.6 is 0 Å². The van der Waals surface area contributed by atoms with Gasteiger partial charge < -0.3 is 0 Å². The van der Waals surface area contributed by atoms with Crippen molar-refractivity contribution in [1.82, 2.24) is 19.8 Å². The van der Waals surface area contributed by atoms with Gasteiger partial charge in [-0.1, -0.05) is 86.7 Å². The maximum atomic E-state index is 12.9. The molecule has 0 radical (unpaired) electrons. The Morgan fingerprint density at radius 2 is 1.68 bits per heavy atom. The zero-order chi connectivity index (χ0) is 21.4. The van der Waals surface area contributed by atoms with E-state index in [1.54, 1.807) is 0 Å². The van der Waals surface area contributed by atoms with Gasteiger partial charge in [0.2, 0.25) is 0 Å². The summed E-state index contributed by atoms with van der Waals surface area (Å²) in [5.74, 6) is 0.362. The minimum atomic E-state index is 0.0289. The van der Waals surface area contributed by atoms with Crippen LogP contribution in [-0.4, -0.2) is 25.6 Å². The van der Waals surface area contributed by atoms with Gasteiger partial charge >= 0.3 is 0 Å². The average Bonchev–Trinajstić information content (AvgIpc) is 3.19. The zero-order valence-corrected chi connectivity index (χ0v) is 17.7. The van der Waals surface area contributed by atoms with Gasteiger partial charge in [-0.3, -0.25) is 4.79 Å². The van der Waals surface area contributed by atoms with Gasteiger partial charge in [0.25, 0.3) is 0 Å². The topological polar surface area (TPSA) is 60.1 Å². The third kappa shape index (κ3) is 3.56. The summed E-state index contributed by atoms with van der Waals surface area (Å²) in [5.41, 5.74) is 6.20. The molecule has 154 valence electrons. The smallest absolute Gasteiger partial charge is 0.185 e. The normalized spacial score (nSPS) is 16.4. The second-order valence-electron chi connectivity index (χ2n) is 8.37. The number of allylic oxidation sites excluding steroid dienone is 1. The number of aromatic nitrogens is 4. The van der Waals surface area contributed by atoms with Crippen LogP contribution in [0.2, 0.25) is 0 Å². The van der Waals surface area contributed by atoms with Gasteiger partial charge in [0, 0.05) is 6.42 Å². The van der Waals surface area contributed by atoms with E-state index in [1.807, 2.05) is 40.9 Å². The summed E-state index contributed by atoms with van der Waals surface area (Å²) in [6, 6.07) is 20.3. The number of nitrogens with zero attached hydrogens (tertiary/aromatic N) is 4. The molecule has 0 fully saturated rings. The van der Waals surface area contributed by atoms with Crippen LogP contribution in [0.4, 0.5) is 0 Å². The molecule has 0 saturated heterocycles. The van der Waals surface area contributed by atoms with Crippen molar-refractivity contribution >= 4 is 17.5 Å². The SMILES string of the molecule is CC(C)c1nn2c3c(nnc2c1-c1ccccc1)C(=O)C[C@H](/C=C/c1ccccc1)C3. The minimum Gasteiger partial charge on any atom is -0.292 e. The van der Waals surface area contributed by atoms with Gasteiger partial charge in [-0.05, 0) is 29.4 Å². The van der Waals surface area contributed by atoms with Crippen molar-refractivity contribution in [3.8, 4) is 11.1 Å². The summed E-state index contributed by atoms with van der Waals surface area (Å²) < 4.78 is 1.86. The third-order valence-electron chi connectivity index (χ3n) is 5.80. The van der Waals surface area contributed by atoms with E-state index >= 15 is 0 Å². The summed E-state index contributed by atoms with van der Waals surface area (Å²) in [7, 11) is 0. The van der Waals surface area contributed by atoms with E-state index in [0.717, 1.165) is 28.1 Å². The summed E-state index contributed by atoms with van der Waals surface area (Å²) >= 11 is 0. The molecule has 5 nitrogen and oxygen atoms in total. The molecule has 5 rings (SSSR count). The van der Waals surface area contributed by atoms with E-state index < -0.39 is 0 Å². The molecular formula is C26H24N4O. The number of rotatable bonds is 4. The van der Waals surface area contributed by atoms with E-state index in [4.69, 9.17) is 5.10 Å². The van der Waals surface area contributed by atoms with E-state index in [2.05, 4.69) is 60.5 Å². The fraction of sp³-hybridized carbons (Fsp3) is 0.231. The molecule has 31 heavy (non-hydrogen) atoms. The Morgan fingerprint density at radius 1 is 0.968 bits per heavy atom. The highest BCUT2D eigenvalue weighted by Crippen LogP contribution is 2.34. The van der Waals surface area contributed by atoms with Gasteiger partial charge in [0.15, 0.2) is 17.1 Å². The molecule has 0 bridgehead atoms. The molecule has 4 aromatic rings. The van der Waals surface area contributed by atoms with E-state index in [-0.39, 0.29) is 17.6 Å². The number of ketones is 1. The van der Waals surface area contributed by atoms with Crippen molar-refractivity contribution in [1.29, 1.82) is 0 Å². The number of Topliss-reactive ketones (excluding diaryl/α,β-unsaturated/α-hetero) is 1. The largest absolute Gasteiger partial charge is 0.292 e. The van der Waals surface area contributed by atoms with Gasteiger partial charge in [-0.15, -0.1) is 10.2 Å². The number of hydrogen-bond donors (Lipinski definition) is 0. The van der Waals surface area contributed by atoms with Crippen LogP contribution in [0.5, 0.6) is 0 Å². The quantitative estimate of drug-likeness (QED) is 0.455. The highest BCUT2D eigenvalue weighted by atomic mass is 16.1. The number of carbonyl (C=O) groups excluding carboxylic acids is 1. The molecule has 0 spiro atoms. The van der Waals surface area contributed by atoms with Gasteiger partial charge in [0.1, 0.15) is 0 Å².